The Labute approximate surface area is 101 Å². The summed E-state index contributed by atoms with van der Waals surface area (Å²) in [5.41, 5.74) is 0.524. The molecule has 15 heavy (non-hydrogen) atoms. The van der Waals surface area contributed by atoms with Crippen LogP contribution in [0.5, 0.6) is 0 Å². The lowest BCUT2D eigenvalue weighted by Crippen LogP contribution is -2.34. The molecule has 0 spiro atoms. The van der Waals surface area contributed by atoms with Gasteiger partial charge in [-0.3, -0.25) is 0 Å². The molecule has 0 saturated heterocycles. The molecule has 0 N–H and O–H groups in total. The second-order valence-electron chi connectivity index (χ2n) is 6.82. The summed E-state index contributed by atoms with van der Waals surface area (Å²) in [4.78, 5) is 0. The molecule has 0 aliphatic rings. The van der Waals surface area contributed by atoms with Gasteiger partial charge >= 0.3 is 0 Å². The van der Waals surface area contributed by atoms with Crippen molar-refractivity contribution in [2.24, 2.45) is 5.41 Å². The molecule has 0 heterocycles. The van der Waals surface area contributed by atoms with E-state index in [1.54, 1.807) is 0 Å². The number of hydrogen-bond acceptors (Lipinski definition) is 0. The number of rotatable bonds is 6. The Bertz CT molecular complexity index is 195. The zero-order valence-corrected chi connectivity index (χ0v) is 12.3. The Morgan fingerprint density at radius 1 is 0.933 bits per heavy atom. The van der Waals surface area contributed by atoms with E-state index in [-0.39, 0.29) is 0 Å². The fourth-order valence-corrected chi connectivity index (χ4v) is 2.28. The van der Waals surface area contributed by atoms with Crippen molar-refractivity contribution in [1.29, 1.82) is 0 Å². The summed E-state index contributed by atoms with van der Waals surface area (Å²) >= 11 is 0. The lowest BCUT2D eigenvalue weighted by atomic mass is 9.33. The summed E-state index contributed by atoms with van der Waals surface area (Å²) in [5, 5.41) is 0.876. The molecule has 0 fully saturated rings. The minimum atomic E-state index is 0.433. The molecule has 4 heteroatoms. The summed E-state index contributed by atoms with van der Waals surface area (Å²) in [6.45, 7) is 9.51. The maximum Gasteiger partial charge on any atom is 0.108 e. The summed E-state index contributed by atoms with van der Waals surface area (Å²) < 4.78 is 0. The predicted molar refractivity (Wildman–Crippen MR) is 83.3 cm³/mol. The molecule has 0 bridgehead atoms. The highest BCUT2D eigenvalue weighted by Crippen LogP contribution is 2.54. The van der Waals surface area contributed by atoms with E-state index in [4.69, 9.17) is 0 Å². The standard InChI is InChI=1S/C11H28B4/c1-5-9(3,8-12)7-11(14,15)10(4,13)6-2/h5-8,12-15H2,1-4H3. The summed E-state index contributed by atoms with van der Waals surface area (Å²) in [7, 11) is 9.64. The maximum atomic E-state index is 2.44. The zero-order chi connectivity index (χ0) is 12.3. The molecule has 0 aliphatic carbocycles. The van der Waals surface area contributed by atoms with Gasteiger partial charge in [0.25, 0.3) is 0 Å². The van der Waals surface area contributed by atoms with E-state index in [9.17, 15) is 0 Å². The first kappa shape index (κ1) is 15.3. The van der Waals surface area contributed by atoms with E-state index in [2.05, 4.69) is 59.1 Å². The van der Waals surface area contributed by atoms with E-state index >= 15 is 0 Å². The molecular weight excluding hydrogens is 175 g/mol. The topological polar surface area (TPSA) is 0 Å². The molecule has 2 unspecified atom stereocenters. The lowest BCUT2D eigenvalue weighted by Gasteiger charge is -2.47. The van der Waals surface area contributed by atoms with E-state index in [0.717, 1.165) is 0 Å². The van der Waals surface area contributed by atoms with Crippen LogP contribution in [0.15, 0.2) is 0 Å². The van der Waals surface area contributed by atoms with Crippen LogP contribution in [0.25, 0.3) is 0 Å². The Morgan fingerprint density at radius 3 is 1.67 bits per heavy atom. The van der Waals surface area contributed by atoms with Crippen molar-refractivity contribution in [2.75, 3.05) is 0 Å². The van der Waals surface area contributed by atoms with Crippen LogP contribution in [-0.4, -0.2) is 31.4 Å². The maximum absolute atomic E-state index is 2.44. The molecule has 0 aromatic rings. The first-order chi connectivity index (χ1) is 6.64. The molecule has 0 radical (unpaired) electrons. The van der Waals surface area contributed by atoms with E-state index in [0.29, 0.717) is 15.9 Å². The van der Waals surface area contributed by atoms with Crippen LogP contribution < -0.4 is 0 Å². The van der Waals surface area contributed by atoms with Gasteiger partial charge in [-0.25, -0.2) is 0 Å². The van der Waals surface area contributed by atoms with Crippen LogP contribution in [0.4, 0.5) is 0 Å². The van der Waals surface area contributed by atoms with E-state index in [1.807, 2.05) is 0 Å². The van der Waals surface area contributed by atoms with Crippen molar-refractivity contribution in [1.82, 2.24) is 0 Å². The first-order valence-electron chi connectivity index (χ1n) is 6.64. The molecule has 0 saturated carbocycles. The third-order valence-corrected chi connectivity index (χ3v) is 5.29. The van der Waals surface area contributed by atoms with Crippen LogP contribution in [-0.2, 0) is 0 Å². The van der Waals surface area contributed by atoms with Crippen LogP contribution in [0, 0.1) is 5.41 Å². The molecule has 0 rings (SSSR count). The van der Waals surface area contributed by atoms with Gasteiger partial charge in [-0.05, 0) is 5.41 Å². The minimum absolute atomic E-state index is 0.433. The number of hydrogen-bond donors (Lipinski definition) is 0. The summed E-state index contributed by atoms with van der Waals surface area (Å²) in [5.74, 6) is 0. The fraction of sp³-hybridized carbons (Fsp3) is 1.00. The smallest absolute Gasteiger partial charge is 0.0857 e. The van der Waals surface area contributed by atoms with Crippen LogP contribution in [0.2, 0.25) is 16.8 Å². The highest BCUT2D eigenvalue weighted by molar-refractivity contribution is 6.45. The van der Waals surface area contributed by atoms with Gasteiger partial charge in [0.05, 0.1) is 15.7 Å². The van der Waals surface area contributed by atoms with Crippen molar-refractivity contribution < 1.29 is 0 Å². The van der Waals surface area contributed by atoms with Gasteiger partial charge in [-0.1, -0.05) is 63.8 Å². The molecule has 84 valence electrons. The van der Waals surface area contributed by atoms with Crippen LogP contribution in [0.3, 0.4) is 0 Å². The van der Waals surface area contributed by atoms with Gasteiger partial charge < -0.3 is 0 Å². The third kappa shape index (κ3) is 3.64. The SMILES string of the molecule is BCC(C)(CC)CC(B)(B)C(B)(C)CC. The Hall–Kier alpha value is 0.260. The van der Waals surface area contributed by atoms with Crippen LogP contribution >= 0.6 is 0 Å². The first-order valence-corrected chi connectivity index (χ1v) is 6.64. The van der Waals surface area contributed by atoms with Gasteiger partial charge in [0.1, 0.15) is 15.7 Å². The Morgan fingerprint density at radius 2 is 1.40 bits per heavy atom. The molecular formula is C11H28B4. The van der Waals surface area contributed by atoms with Crippen molar-refractivity contribution in [3.05, 3.63) is 0 Å². The monoisotopic (exact) mass is 204 g/mol. The molecule has 0 nitrogen and oxygen atoms in total. The van der Waals surface area contributed by atoms with E-state index in [1.165, 1.54) is 25.6 Å². The molecule has 2 atom stereocenters. The second-order valence-corrected chi connectivity index (χ2v) is 6.82. The van der Waals surface area contributed by atoms with Crippen molar-refractivity contribution in [3.63, 3.8) is 0 Å². The van der Waals surface area contributed by atoms with Crippen molar-refractivity contribution in [3.8, 4) is 0 Å². The van der Waals surface area contributed by atoms with Gasteiger partial charge in [-0.15, -0.1) is 0 Å². The van der Waals surface area contributed by atoms with Crippen LogP contribution in [0.1, 0.15) is 47.0 Å². The van der Waals surface area contributed by atoms with Gasteiger partial charge in [0.2, 0.25) is 0 Å². The normalized spacial score (nSPS) is 20.5. The Balaban J connectivity index is 4.76. The molecule has 0 amide bonds. The summed E-state index contributed by atoms with van der Waals surface area (Å²) in [6.07, 6.45) is 5.21. The average molecular weight is 204 g/mol. The van der Waals surface area contributed by atoms with Gasteiger partial charge in [-0.2, -0.15) is 0 Å². The quantitative estimate of drug-likeness (QED) is 0.550. The predicted octanol–water partition coefficient (Wildman–Crippen LogP) is 0.448. The van der Waals surface area contributed by atoms with Gasteiger partial charge in [0, 0.05) is 0 Å². The molecule has 0 aliphatic heterocycles. The van der Waals surface area contributed by atoms with Crippen molar-refractivity contribution >= 4 is 31.4 Å². The van der Waals surface area contributed by atoms with E-state index < -0.39 is 0 Å². The van der Waals surface area contributed by atoms with Crippen molar-refractivity contribution in [2.45, 2.75) is 63.8 Å². The fourth-order valence-electron chi connectivity index (χ4n) is 2.28. The minimum Gasteiger partial charge on any atom is -0.0857 e. The largest absolute Gasteiger partial charge is 0.108 e. The zero-order valence-electron chi connectivity index (χ0n) is 12.3. The molecule has 0 aromatic heterocycles. The van der Waals surface area contributed by atoms with Gasteiger partial charge in [0.15, 0.2) is 0 Å². The highest BCUT2D eigenvalue weighted by atomic mass is 14.3. The second kappa shape index (κ2) is 5.06. The average Bonchev–Trinajstić information content (AvgIpc) is 2.16. The summed E-state index contributed by atoms with van der Waals surface area (Å²) in [6, 6.07) is 0. The molecule has 0 aromatic carbocycles. The third-order valence-electron chi connectivity index (χ3n) is 5.29. The lowest BCUT2D eigenvalue weighted by molar-refractivity contribution is 0.275. The Kier molecular flexibility index (Phi) is 5.15. The highest BCUT2D eigenvalue weighted by Gasteiger charge is 2.39.